The molecule has 1 rings (SSSR count). The predicted octanol–water partition coefficient (Wildman–Crippen LogP) is 3.35. The van der Waals surface area contributed by atoms with Gasteiger partial charge in [0, 0.05) is 13.3 Å². The van der Waals surface area contributed by atoms with Crippen molar-refractivity contribution >= 4 is 6.21 Å². The third-order valence-electron chi connectivity index (χ3n) is 2.73. The zero-order valence-electron chi connectivity index (χ0n) is 9.78. The first-order valence-corrected chi connectivity index (χ1v) is 5.70. The fourth-order valence-corrected chi connectivity index (χ4v) is 1.53. The highest BCUT2D eigenvalue weighted by atomic mass is 16.5. The van der Waals surface area contributed by atoms with Crippen LogP contribution in [0.2, 0.25) is 0 Å². The molecule has 1 saturated carbocycles. The van der Waals surface area contributed by atoms with E-state index in [2.05, 4.69) is 4.99 Å². The van der Waals surface area contributed by atoms with Crippen LogP contribution in [0.15, 0.2) is 29.0 Å². The Bertz CT molecular complexity index is 249. The molecule has 1 aliphatic rings. The molecule has 0 atom stereocenters. The van der Waals surface area contributed by atoms with Gasteiger partial charge in [-0.15, -0.1) is 0 Å². The van der Waals surface area contributed by atoms with Crippen molar-refractivity contribution in [1.29, 1.82) is 0 Å². The van der Waals surface area contributed by atoms with Crippen molar-refractivity contribution in [3.05, 3.63) is 24.0 Å². The molecular weight excluding hydrogens is 186 g/mol. The summed E-state index contributed by atoms with van der Waals surface area (Å²) in [5, 5.41) is 0. The van der Waals surface area contributed by atoms with Gasteiger partial charge < -0.3 is 4.74 Å². The molecule has 0 aromatic heterocycles. The first kappa shape index (κ1) is 12.0. The van der Waals surface area contributed by atoms with E-state index in [-0.39, 0.29) is 0 Å². The molecule has 0 aliphatic heterocycles. The molecular formula is C13H21NO. The van der Waals surface area contributed by atoms with Crippen molar-refractivity contribution in [2.24, 2.45) is 10.9 Å². The van der Waals surface area contributed by atoms with Crippen LogP contribution in [0, 0.1) is 5.92 Å². The molecule has 0 aromatic carbocycles. The van der Waals surface area contributed by atoms with Crippen molar-refractivity contribution in [3.8, 4) is 0 Å². The predicted molar refractivity (Wildman–Crippen MR) is 65.2 cm³/mol. The van der Waals surface area contributed by atoms with Crippen molar-refractivity contribution < 1.29 is 4.74 Å². The van der Waals surface area contributed by atoms with Gasteiger partial charge in [0.05, 0.1) is 12.9 Å². The van der Waals surface area contributed by atoms with E-state index in [9.17, 15) is 0 Å². The Kier molecular flexibility index (Phi) is 5.83. The van der Waals surface area contributed by atoms with Crippen molar-refractivity contribution in [2.45, 2.75) is 32.6 Å². The minimum atomic E-state index is 0.859. The second kappa shape index (κ2) is 7.27. The summed E-state index contributed by atoms with van der Waals surface area (Å²) in [7, 11) is 1.76. The molecule has 2 nitrogen and oxygen atoms in total. The highest BCUT2D eigenvalue weighted by Crippen LogP contribution is 2.29. The van der Waals surface area contributed by atoms with E-state index in [1.54, 1.807) is 13.3 Å². The van der Waals surface area contributed by atoms with Crippen LogP contribution in [0.5, 0.6) is 0 Å². The number of allylic oxidation sites excluding steroid dienone is 3. The molecule has 0 amide bonds. The minimum absolute atomic E-state index is 0.859. The van der Waals surface area contributed by atoms with E-state index < -0.39 is 0 Å². The highest BCUT2D eigenvalue weighted by molar-refractivity contribution is 5.71. The molecule has 0 N–H and O–H groups in total. The van der Waals surface area contributed by atoms with Gasteiger partial charge in [0.25, 0.3) is 0 Å². The second-order valence-electron chi connectivity index (χ2n) is 4.08. The fourth-order valence-electron chi connectivity index (χ4n) is 1.53. The zero-order valence-corrected chi connectivity index (χ0v) is 9.78. The van der Waals surface area contributed by atoms with E-state index in [0.717, 1.165) is 18.1 Å². The molecule has 84 valence electrons. The summed E-state index contributed by atoms with van der Waals surface area (Å²) in [6.45, 7) is 2.89. The summed E-state index contributed by atoms with van der Waals surface area (Å²) in [6.07, 6.45) is 12.9. The van der Waals surface area contributed by atoms with Crippen LogP contribution in [-0.2, 0) is 4.74 Å². The number of rotatable bonds is 6. The van der Waals surface area contributed by atoms with Gasteiger partial charge in [-0.05, 0) is 30.9 Å². The summed E-state index contributed by atoms with van der Waals surface area (Å²) < 4.78 is 5.47. The molecule has 0 spiro atoms. The largest absolute Gasteiger partial charge is 0.501 e. The summed E-state index contributed by atoms with van der Waals surface area (Å²) in [5.41, 5.74) is 1.13. The lowest BCUT2D eigenvalue weighted by molar-refractivity contribution is 0.185. The summed E-state index contributed by atoms with van der Waals surface area (Å²) in [6, 6.07) is 0. The normalized spacial score (nSPS) is 18.7. The van der Waals surface area contributed by atoms with Gasteiger partial charge in [-0.25, -0.2) is 0 Å². The highest BCUT2D eigenvalue weighted by Gasteiger charge is 2.16. The Morgan fingerprint density at radius 2 is 2.27 bits per heavy atom. The van der Waals surface area contributed by atoms with Gasteiger partial charge >= 0.3 is 0 Å². The molecule has 0 unspecified atom stereocenters. The quantitative estimate of drug-likeness (QED) is 0.283. The van der Waals surface area contributed by atoms with E-state index in [1.165, 1.54) is 25.7 Å². The maximum atomic E-state index is 5.47. The van der Waals surface area contributed by atoms with Crippen molar-refractivity contribution in [2.75, 3.05) is 13.7 Å². The second-order valence-corrected chi connectivity index (χ2v) is 4.08. The number of aliphatic imine (C=N–C) groups is 1. The summed E-state index contributed by atoms with van der Waals surface area (Å²) in [5.74, 6) is 0.932. The first-order valence-electron chi connectivity index (χ1n) is 5.70. The molecule has 0 aromatic rings. The maximum Gasteiger partial charge on any atom is 0.0876 e. The number of hydrogen-bond acceptors (Lipinski definition) is 2. The third-order valence-corrected chi connectivity index (χ3v) is 2.73. The van der Waals surface area contributed by atoms with Gasteiger partial charge in [-0.1, -0.05) is 25.3 Å². The van der Waals surface area contributed by atoms with Crippen LogP contribution in [0.3, 0.4) is 0 Å². The zero-order chi connectivity index (χ0) is 10.9. The van der Waals surface area contributed by atoms with E-state index in [4.69, 9.17) is 4.74 Å². The SMILES string of the molecule is C\N=C/C=C\C(C)=C\OCCC1CCC1. The number of nitrogens with zero attached hydrogens (tertiary/aromatic N) is 1. The van der Waals surface area contributed by atoms with Gasteiger partial charge in [0.15, 0.2) is 0 Å². The fraction of sp³-hybridized carbons (Fsp3) is 0.615. The molecule has 0 bridgehead atoms. The number of ether oxygens (including phenoxy) is 1. The maximum absolute atomic E-state index is 5.47. The third kappa shape index (κ3) is 5.40. The molecule has 0 heterocycles. The lowest BCUT2D eigenvalue weighted by Gasteiger charge is -2.24. The Morgan fingerprint density at radius 3 is 2.87 bits per heavy atom. The Morgan fingerprint density at radius 1 is 1.47 bits per heavy atom. The lowest BCUT2D eigenvalue weighted by Crippen LogP contribution is -2.12. The van der Waals surface area contributed by atoms with Crippen LogP contribution >= 0.6 is 0 Å². The standard InChI is InChI=1S/C13H21NO/c1-12(5-4-9-14-2)11-15-10-8-13-6-3-7-13/h4-5,9,11,13H,3,6-8,10H2,1-2H3/b5-4-,12-11+,14-9-. The summed E-state index contributed by atoms with van der Waals surface area (Å²) in [4.78, 5) is 3.87. The lowest BCUT2D eigenvalue weighted by atomic mass is 9.83. The summed E-state index contributed by atoms with van der Waals surface area (Å²) >= 11 is 0. The Balaban J connectivity index is 2.07. The van der Waals surface area contributed by atoms with Crippen LogP contribution in [0.25, 0.3) is 0 Å². The molecule has 0 saturated heterocycles. The Hall–Kier alpha value is -1.05. The molecule has 2 heteroatoms. The van der Waals surface area contributed by atoms with Crippen LogP contribution in [0.1, 0.15) is 32.6 Å². The van der Waals surface area contributed by atoms with Gasteiger partial charge in [-0.2, -0.15) is 0 Å². The van der Waals surface area contributed by atoms with E-state index in [1.807, 2.05) is 25.3 Å². The Labute approximate surface area is 92.7 Å². The monoisotopic (exact) mass is 207 g/mol. The van der Waals surface area contributed by atoms with Gasteiger partial charge in [0.2, 0.25) is 0 Å². The van der Waals surface area contributed by atoms with Gasteiger partial charge in [-0.3, -0.25) is 4.99 Å². The molecule has 0 radical (unpaired) electrons. The average molecular weight is 207 g/mol. The van der Waals surface area contributed by atoms with Gasteiger partial charge in [0.1, 0.15) is 0 Å². The van der Waals surface area contributed by atoms with E-state index >= 15 is 0 Å². The molecule has 1 aliphatic carbocycles. The van der Waals surface area contributed by atoms with Crippen molar-refractivity contribution in [1.82, 2.24) is 0 Å². The van der Waals surface area contributed by atoms with Crippen LogP contribution in [0.4, 0.5) is 0 Å². The average Bonchev–Trinajstić information content (AvgIpc) is 2.15. The van der Waals surface area contributed by atoms with Crippen molar-refractivity contribution in [3.63, 3.8) is 0 Å². The van der Waals surface area contributed by atoms with Crippen LogP contribution in [-0.4, -0.2) is 19.9 Å². The van der Waals surface area contributed by atoms with Crippen LogP contribution < -0.4 is 0 Å². The minimum Gasteiger partial charge on any atom is -0.501 e. The topological polar surface area (TPSA) is 21.6 Å². The number of hydrogen-bond donors (Lipinski definition) is 0. The molecule has 15 heavy (non-hydrogen) atoms. The smallest absolute Gasteiger partial charge is 0.0876 e. The van der Waals surface area contributed by atoms with E-state index in [0.29, 0.717) is 0 Å². The molecule has 1 fully saturated rings. The first-order chi connectivity index (χ1) is 7.33.